The molecular weight excluding hydrogens is 434 g/mol. The van der Waals surface area contributed by atoms with Gasteiger partial charge in [0, 0.05) is 28.9 Å². The standard InChI is InChI=1S/C27H33NO6/c1-6-9-13-34-26-21-17-28-16-20(19(21)10-11-22(26)32-8-3)25(29)18-14-23(30-4)27(33-12-7-2)24(15-18)31-5/h10-11,14-17H,6-9,12-13H2,1-5H3. The van der Waals surface area contributed by atoms with Crippen LogP contribution in [0.25, 0.3) is 10.8 Å². The van der Waals surface area contributed by atoms with Gasteiger partial charge in [-0.3, -0.25) is 9.78 Å². The van der Waals surface area contributed by atoms with Crippen LogP contribution in [-0.2, 0) is 0 Å². The number of pyridine rings is 1. The van der Waals surface area contributed by atoms with Gasteiger partial charge >= 0.3 is 0 Å². The summed E-state index contributed by atoms with van der Waals surface area (Å²) >= 11 is 0. The van der Waals surface area contributed by atoms with E-state index < -0.39 is 0 Å². The van der Waals surface area contributed by atoms with Gasteiger partial charge in [-0.05, 0) is 49.4 Å². The zero-order chi connectivity index (χ0) is 24.5. The average molecular weight is 468 g/mol. The molecule has 2 aromatic carbocycles. The van der Waals surface area contributed by atoms with Crippen molar-refractivity contribution >= 4 is 16.6 Å². The second-order valence-corrected chi connectivity index (χ2v) is 7.70. The molecule has 0 aliphatic carbocycles. The maximum Gasteiger partial charge on any atom is 0.203 e. The first-order chi connectivity index (χ1) is 16.6. The van der Waals surface area contributed by atoms with Crippen LogP contribution >= 0.6 is 0 Å². The lowest BCUT2D eigenvalue weighted by molar-refractivity contribution is 0.103. The van der Waals surface area contributed by atoms with Crippen molar-refractivity contribution in [3.63, 3.8) is 0 Å². The van der Waals surface area contributed by atoms with Crippen molar-refractivity contribution in [2.75, 3.05) is 34.0 Å². The van der Waals surface area contributed by atoms with Gasteiger partial charge in [0.1, 0.15) is 0 Å². The van der Waals surface area contributed by atoms with Crippen LogP contribution in [0.5, 0.6) is 28.7 Å². The number of fused-ring (bicyclic) bond motifs is 1. The molecule has 3 rings (SSSR count). The molecular formula is C27H33NO6. The molecule has 0 aliphatic heterocycles. The van der Waals surface area contributed by atoms with Gasteiger partial charge in [0.15, 0.2) is 28.8 Å². The predicted octanol–water partition coefficient (Wildman–Crippen LogP) is 5.85. The molecule has 0 bridgehead atoms. The van der Waals surface area contributed by atoms with E-state index in [1.54, 1.807) is 24.5 Å². The van der Waals surface area contributed by atoms with Gasteiger partial charge in [-0.2, -0.15) is 0 Å². The third kappa shape index (κ3) is 5.35. The van der Waals surface area contributed by atoms with Crippen molar-refractivity contribution in [2.45, 2.75) is 40.0 Å². The summed E-state index contributed by atoms with van der Waals surface area (Å²) in [6.45, 7) is 7.62. The molecule has 182 valence electrons. The highest BCUT2D eigenvalue weighted by Gasteiger charge is 2.22. The van der Waals surface area contributed by atoms with E-state index in [0.717, 1.165) is 30.0 Å². The molecule has 0 saturated carbocycles. The minimum atomic E-state index is -0.208. The van der Waals surface area contributed by atoms with Crippen LogP contribution in [-0.4, -0.2) is 44.8 Å². The number of unbranched alkanes of at least 4 members (excludes halogenated alkanes) is 1. The minimum absolute atomic E-state index is 0.208. The fourth-order valence-corrected chi connectivity index (χ4v) is 3.63. The molecule has 0 aliphatic rings. The van der Waals surface area contributed by atoms with Gasteiger partial charge in [-0.25, -0.2) is 0 Å². The number of hydrogen-bond donors (Lipinski definition) is 0. The van der Waals surface area contributed by atoms with Crippen LogP contribution in [0.15, 0.2) is 36.7 Å². The number of ketones is 1. The maximum absolute atomic E-state index is 13.6. The second-order valence-electron chi connectivity index (χ2n) is 7.70. The van der Waals surface area contributed by atoms with Crippen LogP contribution in [0.3, 0.4) is 0 Å². The van der Waals surface area contributed by atoms with Gasteiger partial charge in [0.05, 0.1) is 34.0 Å². The molecule has 0 N–H and O–H groups in total. The van der Waals surface area contributed by atoms with E-state index in [1.165, 1.54) is 14.2 Å². The molecule has 1 heterocycles. The predicted molar refractivity (Wildman–Crippen MR) is 132 cm³/mol. The topological polar surface area (TPSA) is 76.1 Å². The van der Waals surface area contributed by atoms with Crippen molar-refractivity contribution in [2.24, 2.45) is 0 Å². The Kier molecular flexibility index (Phi) is 8.96. The van der Waals surface area contributed by atoms with Crippen LogP contribution in [0, 0.1) is 0 Å². The number of carbonyl (C=O) groups is 1. The van der Waals surface area contributed by atoms with E-state index in [0.29, 0.717) is 59.7 Å². The number of methoxy groups -OCH3 is 2. The highest BCUT2D eigenvalue weighted by atomic mass is 16.5. The first-order valence-corrected chi connectivity index (χ1v) is 11.7. The largest absolute Gasteiger partial charge is 0.493 e. The Morgan fingerprint density at radius 2 is 1.50 bits per heavy atom. The van der Waals surface area contributed by atoms with Crippen molar-refractivity contribution in [1.82, 2.24) is 4.98 Å². The molecule has 0 amide bonds. The summed E-state index contributed by atoms with van der Waals surface area (Å²) < 4.78 is 28.7. The Hall–Kier alpha value is -3.48. The van der Waals surface area contributed by atoms with E-state index in [4.69, 9.17) is 23.7 Å². The maximum atomic E-state index is 13.6. The van der Waals surface area contributed by atoms with Crippen molar-refractivity contribution in [1.29, 1.82) is 0 Å². The Labute approximate surface area is 200 Å². The van der Waals surface area contributed by atoms with E-state index in [-0.39, 0.29) is 5.78 Å². The molecule has 0 saturated heterocycles. The SMILES string of the molecule is CCCCOc1c(OCC)ccc2c(C(=O)c3cc(OC)c(OCCC)c(OC)c3)cncc12. The van der Waals surface area contributed by atoms with E-state index in [2.05, 4.69) is 11.9 Å². The molecule has 0 atom stereocenters. The van der Waals surface area contributed by atoms with Gasteiger partial charge in [0.25, 0.3) is 0 Å². The first-order valence-electron chi connectivity index (χ1n) is 11.7. The van der Waals surface area contributed by atoms with Gasteiger partial charge in [-0.15, -0.1) is 0 Å². The summed E-state index contributed by atoms with van der Waals surface area (Å²) in [6, 6.07) is 7.05. The number of hydrogen-bond acceptors (Lipinski definition) is 7. The van der Waals surface area contributed by atoms with Crippen molar-refractivity contribution < 1.29 is 28.5 Å². The van der Waals surface area contributed by atoms with Gasteiger partial charge in [0.2, 0.25) is 5.75 Å². The summed E-state index contributed by atoms with van der Waals surface area (Å²) in [5.41, 5.74) is 0.862. The normalized spacial score (nSPS) is 10.7. The number of aromatic nitrogens is 1. The van der Waals surface area contributed by atoms with Gasteiger partial charge < -0.3 is 23.7 Å². The number of carbonyl (C=O) groups excluding carboxylic acids is 1. The summed E-state index contributed by atoms with van der Waals surface area (Å²) in [4.78, 5) is 18.0. The van der Waals surface area contributed by atoms with Crippen LogP contribution in [0.4, 0.5) is 0 Å². The number of benzene rings is 2. The lowest BCUT2D eigenvalue weighted by Crippen LogP contribution is -2.07. The molecule has 7 nitrogen and oxygen atoms in total. The lowest BCUT2D eigenvalue weighted by atomic mass is 9.98. The van der Waals surface area contributed by atoms with Gasteiger partial charge in [-0.1, -0.05) is 20.3 Å². The Morgan fingerprint density at radius 3 is 2.12 bits per heavy atom. The van der Waals surface area contributed by atoms with E-state index in [9.17, 15) is 4.79 Å². The average Bonchev–Trinajstić information content (AvgIpc) is 2.87. The summed E-state index contributed by atoms with van der Waals surface area (Å²) in [6.07, 6.45) is 6.04. The fraction of sp³-hybridized carbons (Fsp3) is 0.407. The molecule has 34 heavy (non-hydrogen) atoms. The second kappa shape index (κ2) is 12.1. The molecule has 0 unspecified atom stereocenters. The summed E-state index contributed by atoms with van der Waals surface area (Å²) in [7, 11) is 3.08. The molecule has 0 fully saturated rings. The minimum Gasteiger partial charge on any atom is -0.493 e. The molecule has 7 heteroatoms. The van der Waals surface area contributed by atoms with Crippen LogP contribution in [0.2, 0.25) is 0 Å². The third-order valence-electron chi connectivity index (χ3n) is 5.32. The number of nitrogens with zero attached hydrogens (tertiary/aromatic N) is 1. The third-order valence-corrected chi connectivity index (χ3v) is 5.32. The Bertz CT molecular complexity index is 1100. The Balaban J connectivity index is 2.10. The Morgan fingerprint density at radius 1 is 0.794 bits per heavy atom. The highest BCUT2D eigenvalue weighted by molar-refractivity contribution is 6.17. The zero-order valence-electron chi connectivity index (χ0n) is 20.6. The summed E-state index contributed by atoms with van der Waals surface area (Å²) in [5, 5.41) is 1.47. The van der Waals surface area contributed by atoms with Crippen molar-refractivity contribution in [3.05, 3.63) is 47.8 Å². The lowest BCUT2D eigenvalue weighted by Gasteiger charge is -2.17. The quantitative estimate of drug-likeness (QED) is 0.230. The summed E-state index contributed by atoms with van der Waals surface area (Å²) in [5.74, 6) is 2.39. The van der Waals surface area contributed by atoms with Crippen molar-refractivity contribution in [3.8, 4) is 28.7 Å². The highest BCUT2D eigenvalue weighted by Crippen LogP contribution is 2.41. The first kappa shape index (κ1) is 25.1. The molecule has 1 aromatic heterocycles. The zero-order valence-corrected chi connectivity index (χ0v) is 20.6. The monoisotopic (exact) mass is 467 g/mol. The van der Waals surface area contributed by atoms with Crippen LogP contribution < -0.4 is 23.7 Å². The molecule has 0 radical (unpaired) electrons. The molecule has 3 aromatic rings. The van der Waals surface area contributed by atoms with E-state index >= 15 is 0 Å². The fourth-order valence-electron chi connectivity index (χ4n) is 3.63. The smallest absolute Gasteiger partial charge is 0.203 e. The van der Waals surface area contributed by atoms with Crippen LogP contribution in [0.1, 0.15) is 56.0 Å². The molecule has 0 spiro atoms. The van der Waals surface area contributed by atoms with E-state index in [1.807, 2.05) is 26.0 Å². The number of ether oxygens (including phenoxy) is 5. The number of rotatable bonds is 13.